The van der Waals surface area contributed by atoms with Gasteiger partial charge in [0.1, 0.15) is 5.75 Å². The minimum absolute atomic E-state index is 0.00422. The molecule has 4 N–H and O–H groups in total. The first-order valence-corrected chi connectivity index (χ1v) is 18.6. The lowest BCUT2D eigenvalue weighted by Crippen LogP contribution is -2.51. The molecule has 2 heterocycles. The molecule has 1 aromatic heterocycles. The minimum Gasteiger partial charge on any atom is -0.506 e. The number of aromatic hydroxyl groups is 1. The number of rotatable bonds is 14. The third-order valence-corrected chi connectivity index (χ3v) is 13.7. The molecular weight excluding hydrogens is 558 g/mol. The van der Waals surface area contributed by atoms with Crippen LogP contribution in [0.15, 0.2) is 59.4 Å². The number of nitrogens with one attached hydrogen (secondary N) is 2. The molecule has 0 saturated carbocycles. The SMILES string of the molecule is CC(C)(C)[Si](C)(C)O[C@@H](CNCC1(O)CCN(CCCOCCc2ccccc2)CC1)c1ccc(O)c2[nH]c(=O)ccc12. The Hall–Kier alpha value is -2.53. The first-order chi connectivity index (χ1) is 20.4. The number of piperidine rings is 1. The van der Waals surface area contributed by atoms with Crippen LogP contribution in [0, 0.1) is 0 Å². The van der Waals surface area contributed by atoms with E-state index < -0.39 is 13.9 Å². The van der Waals surface area contributed by atoms with Gasteiger partial charge in [0.25, 0.3) is 0 Å². The van der Waals surface area contributed by atoms with Crippen molar-refractivity contribution in [3.8, 4) is 5.75 Å². The Bertz CT molecular complexity index is 1360. The van der Waals surface area contributed by atoms with Gasteiger partial charge in [-0.25, -0.2) is 0 Å². The number of phenolic OH excluding ortho intramolecular Hbond substituents is 1. The van der Waals surface area contributed by atoms with E-state index in [1.807, 2.05) is 12.1 Å². The summed E-state index contributed by atoms with van der Waals surface area (Å²) in [5.74, 6) is 0.0373. The van der Waals surface area contributed by atoms with Gasteiger partial charge in [0.05, 0.1) is 23.8 Å². The van der Waals surface area contributed by atoms with Gasteiger partial charge in [0.15, 0.2) is 8.32 Å². The van der Waals surface area contributed by atoms with Crippen LogP contribution in [0.25, 0.3) is 10.9 Å². The lowest BCUT2D eigenvalue weighted by atomic mass is 9.91. The first-order valence-electron chi connectivity index (χ1n) is 15.7. The minimum atomic E-state index is -2.17. The van der Waals surface area contributed by atoms with Crippen molar-refractivity contribution in [2.24, 2.45) is 0 Å². The molecule has 1 atom stereocenters. The van der Waals surface area contributed by atoms with Gasteiger partial charge >= 0.3 is 0 Å². The number of likely N-dealkylation sites (tertiary alicyclic amines) is 1. The summed E-state index contributed by atoms with van der Waals surface area (Å²) in [5.41, 5.74) is 1.60. The number of hydrogen-bond acceptors (Lipinski definition) is 7. The molecule has 2 aromatic carbocycles. The average Bonchev–Trinajstić information content (AvgIpc) is 2.96. The summed E-state index contributed by atoms with van der Waals surface area (Å²) in [7, 11) is -2.17. The van der Waals surface area contributed by atoms with Crippen LogP contribution in [0.2, 0.25) is 18.1 Å². The van der Waals surface area contributed by atoms with Gasteiger partial charge < -0.3 is 34.6 Å². The van der Waals surface area contributed by atoms with Crippen LogP contribution in [0.4, 0.5) is 0 Å². The van der Waals surface area contributed by atoms with Crippen LogP contribution in [0.5, 0.6) is 5.75 Å². The zero-order valence-corrected chi connectivity index (χ0v) is 27.6. The Balaban J connectivity index is 1.29. The quantitative estimate of drug-likeness (QED) is 0.144. The van der Waals surface area contributed by atoms with Gasteiger partial charge in [-0.15, -0.1) is 0 Å². The maximum Gasteiger partial charge on any atom is 0.248 e. The highest BCUT2D eigenvalue weighted by Gasteiger charge is 2.40. The third-order valence-electron chi connectivity index (χ3n) is 9.21. The van der Waals surface area contributed by atoms with Crippen molar-refractivity contribution >= 4 is 19.2 Å². The van der Waals surface area contributed by atoms with Crippen molar-refractivity contribution < 1.29 is 19.4 Å². The molecule has 1 aliphatic heterocycles. The van der Waals surface area contributed by atoms with Gasteiger partial charge in [0.2, 0.25) is 5.56 Å². The molecule has 0 spiro atoms. The van der Waals surface area contributed by atoms with Crippen molar-refractivity contribution in [1.82, 2.24) is 15.2 Å². The number of aliphatic hydroxyl groups is 1. The number of hydrogen-bond donors (Lipinski definition) is 4. The third kappa shape index (κ3) is 9.23. The van der Waals surface area contributed by atoms with Crippen LogP contribution in [0.1, 0.15) is 57.3 Å². The van der Waals surface area contributed by atoms with Crippen LogP contribution in [-0.2, 0) is 15.6 Å². The molecule has 3 aromatic rings. The van der Waals surface area contributed by atoms with Gasteiger partial charge in [-0.3, -0.25) is 4.79 Å². The maximum atomic E-state index is 12.0. The van der Waals surface area contributed by atoms with Gasteiger partial charge in [-0.05, 0) is 67.1 Å². The Morgan fingerprint density at radius 3 is 2.47 bits per heavy atom. The van der Waals surface area contributed by atoms with Crippen molar-refractivity contribution in [3.05, 3.63) is 76.1 Å². The molecule has 1 aliphatic rings. The van der Waals surface area contributed by atoms with E-state index in [1.165, 1.54) is 11.6 Å². The fourth-order valence-electron chi connectivity index (χ4n) is 5.42. The molecule has 0 radical (unpaired) electrons. The highest BCUT2D eigenvalue weighted by Crippen LogP contribution is 2.41. The largest absolute Gasteiger partial charge is 0.506 e. The van der Waals surface area contributed by atoms with E-state index in [0.29, 0.717) is 31.4 Å². The molecule has 43 heavy (non-hydrogen) atoms. The van der Waals surface area contributed by atoms with E-state index >= 15 is 0 Å². The number of H-pyrrole nitrogens is 1. The molecule has 1 saturated heterocycles. The summed E-state index contributed by atoms with van der Waals surface area (Å²) < 4.78 is 12.8. The predicted octanol–water partition coefficient (Wildman–Crippen LogP) is 5.36. The summed E-state index contributed by atoms with van der Waals surface area (Å²) in [6.45, 7) is 16.3. The molecule has 9 heteroatoms. The fraction of sp³-hybridized carbons (Fsp3) is 0.559. The summed E-state index contributed by atoms with van der Waals surface area (Å²) in [6.07, 6.45) is 3.05. The Morgan fingerprint density at radius 1 is 1.05 bits per heavy atom. The Morgan fingerprint density at radius 2 is 1.77 bits per heavy atom. The highest BCUT2D eigenvalue weighted by molar-refractivity contribution is 6.74. The lowest BCUT2D eigenvalue weighted by molar-refractivity contribution is -0.0226. The summed E-state index contributed by atoms with van der Waals surface area (Å²) in [4.78, 5) is 17.2. The second-order valence-corrected chi connectivity index (χ2v) is 18.3. The molecule has 1 fully saturated rings. The molecule has 0 aliphatic carbocycles. The number of aromatic amines is 1. The van der Waals surface area contributed by atoms with E-state index in [-0.39, 0.29) is 22.5 Å². The molecule has 0 amide bonds. The number of nitrogens with zero attached hydrogens (tertiary/aromatic N) is 1. The number of ether oxygens (including phenoxy) is 1. The first kappa shape index (κ1) is 33.4. The monoisotopic (exact) mass is 609 g/mol. The summed E-state index contributed by atoms with van der Waals surface area (Å²) in [6, 6.07) is 17.2. The Kier molecular flexibility index (Phi) is 11.2. The Labute approximate surface area is 257 Å². The number of benzene rings is 2. The lowest BCUT2D eigenvalue weighted by Gasteiger charge is -2.41. The van der Waals surface area contributed by atoms with Crippen LogP contribution in [0.3, 0.4) is 0 Å². The van der Waals surface area contributed by atoms with E-state index in [9.17, 15) is 15.0 Å². The van der Waals surface area contributed by atoms with Crippen molar-refractivity contribution in [3.63, 3.8) is 0 Å². The van der Waals surface area contributed by atoms with Gasteiger partial charge in [-0.1, -0.05) is 57.2 Å². The fourth-order valence-corrected chi connectivity index (χ4v) is 6.69. The van der Waals surface area contributed by atoms with Gasteiger partial charge in [0, 0.05) is 50.8 Å². The summed E-state index contributed by atoms with van der Waals surface area (Å²) in [5, 5.41) is 26.1. The molecule has 236 valence electrons. The van der Waals surface area contributed by atoms with Crippen LogP contribution in [-0.4, -0.2) is 80.0 Å². The number of pyridine rings is 1. The average molecular weight is 610 g/mol. The second-order valence-electron chi connectivity index (χ2n) is 13.6. The smallest absolute Gasteiger partial charge is 0.248 e. The number of aromatic nitrogens is 1. The molecular formula is C34H51N3O5Si. The van der Waals surface area contributed by atoms with Crippen LogP contribution < -0.4 is 10.9 Å². The molecule has 0 unspecified atom stereocenters. The standard InChI is InChI=1S/C34H51N3O5Si/c1-33(2,3)43(4,5)42-30(27-12-14-29(38)32-28(27)13-15-31(39)36-32)24-35-25-34(40)17-20-37(21-18-34)19-9-22-41-23-16-26-10-7-6-8-11-26/h6-8,10-15,30,35,38,40H,9,16-25H2,1-5H3,(H,36,39)/t30-/m0/s1. The van der Waals surface area contributed by atoms with E-state index in [4.69, 9.17) is 9.16 Å². The van der Waals surface area contributed by atoms with Crippen molar-refractivity contribution in [2.45, 2.75) is 76.3 Å². The molecule has 0 bridgehead atoms. The second kappa shape index (κ2) is 14.5. The molecule has 8 nitrogen and oxygen atoms in total. The topological polar surface area (TPSA) is 107 Å². The van der Waals surface area contributed by atoms with Crippen molar-refractivity contribution in [1.29, 1.82) is 0 Å². The number of fused-ring (bicyclic) bond motifs is 1. The zero-order chi connectivity index (χ0) is 31.1. The normalized spacial score (nSPS) is 16.9. The predicted molar refractivity (Wildman–Crippen MR) is 176 cm³/mol. The number of phenols is 1. The van der Waals surface area contributed by atoms with E-state index in [1.54, 1.807) is 12.1 Å². The molecule has 4 rings (SSSR count). The van der Waals surface area contributed by atoms with Crippen LogP contribution >= 0.6 is 0 Å². The van der Waals surface area contributed by atoms with E-state index in [0.717, 1.165) is 56.6 Å². The van der Waals surface area contributed by atoms with Gasteiger partial charge in [-0.2, -0.15) is 0 Å². The highest BCUT2D eigenvalue weighted by atomic mass is 28.4. The van der Waals surface area contributed by atoms with Crippen molar-refractivity contribution in [2.75, 3.05) is 45.9 Å². The van der Waals surface area contributed by atoms with E-state index in [2.05, 4.69) is 73.3 Å². The zero-order valence-electron chi connectivity index (χ0n) is 26.6. The maximum absolute atomic E-state index is 12.0. The summed E-state index contributed by atoms with van der Waals surface area (Å²) >= 11 is 0.